The zero-order valence-corrected chi connectivity index (χ0v) is 16.1. The van der Waals surface area contributed by atoms with Crippen LogP contribution in [0.1, 0.15) is 17.5 Å². The zero-order chi connectivity index (χ0) is 19.7. The van der Waals surface area contributed by atoms with Crippen LogP contribution in [-0.4, -0.2) is 20.4 Å². The predicted molar refractivity (Wildman–Crippen MR) is 106 cm³/mol. The third-order valence-electron chi connectivity index (χ3n) is 6.21. The Morgan fingerprint density at radius 2 is 1.57 bits per heavy atom. The number of allylic oxidation sites excluding steroid dienone is 7. The molecule has 150 valence electrons. The Balaban J connectivity index is 1.44. The largest absolute Gasteiger partial charge is 0.458 e. The van der Waals surface area contributed by atoms with E-state index in [2.05, 4.69) is 42.5 Å². The molecule has 0 spiro atoms. The maximum atomic E-state index is 5.68. The van der Waals surface area contributed by atoms with E-state index in [-0.39, 0.29) is 26.3 Å². The Hall–Kier alpha value is -3.54. The summed E-state index contributed by atoms with van der Waals surface area (Å²) in [5, 5.41) is 0. The van der Waals surface area contributed by atoms with Crippen LogP contribution in [0.25, 0.3) is 6.08 Å². The van der Waals surface area contributed by atoms with Crippen molar-refractivity contribution in [3.63, 3.8) is 0 Å². The van der Waals surface area contributed by atoms with Gasteiger partial charge in [-0.25, -0.2) is 0 Å². The quantitative estimate of drug-likeness (QED) is 0.647. The lowest BCUT2D eigenvalue weighted by molar-refractivity contribution is 0.0736. The summed E-state index contributed by atoms with van der Waals surface area (Å²) in [7, 11) is 0. The second kappa shape index (κ2) is 5.98. The van der Waals surface area contributed by atoms with Gasteiger partial charge in [-0.1, -0.05) is 12.2 Å². The Morgan fingerprint density at radius 3 is 2.53 bits per heavy atom. The minimum absolute atomic E-state index is 0.161. The van der Waals surface area contributed by atoms with E-state index in [1.165, 1.54) is 16.7 Å². The molecule has 6 nitrogen and oxygen atoms in total. The predicted octanol–water partition coefficient (Wildman–Crippen LogP) is 4.23. The van der Waals surface area contributed by atoms with E-state index in [0.717, 1.165) is 52.1 Å². The Kier molecular flexibility index (Phi) is 3.25. The molecule has 0 N–H and O–H groups in total. The van der Waals surface area contributed by atoms with Crippen molar-refractivity contribution >= 4 is 6.08 Å². The van der Waals surface area contributed by atoms with Gasteiger partial charge in [-0.05, 0) is 64.6 Å². The van der Waals surface area contributed by atoms with Gasteiger partial charge in [-0.3, -0.25) is 0 Å². The van der Waals surface area contributed by atoms with E-state index in [1.807, 2.05) is 0 Å². The fourth-order valence-electron chi connectivity index (χ4n) is 4.67. The van der Waals surface area contributed by atoms with Crippen LogP contribution in [0.3, 0.4) is 0 Å². The first-order valence-electron chi connectivity index (χ1n) is 10.1. The zero-order valence-electron chi connectivity index (χ0n) is 16.1. The normalized spacial score (nSPS) is 28.3. The van der Waals surface area contributed by atoms with Gasteiger partial charge in [0.2, 0.25) is 20.4 Å². The minimum Gasteiger partial charge on any atom is -0.458 e. The third-order valence-corrected chi connectivity index (χ3v) is 6.21. The number of hydrogen-bond donors (Lipinski definition) is 0. The lowest BCUT2D eigenvalue weighted by Gasteiger charge is -2.21. The number of fused-ring (bicyclic) bond motifs is 5. The fraction of sp³-hybridized carbons (Fsp3) is 0.250. The van der Waals surface area contributed by atoms with Crippen molar-refractivity contribution in [1.82, 2.24) is 0 Å². The molecule has 0 aromatic heterocycles. The SMILES string of the molecule is C1=C2OCOC2=C[C@@H]2Cc3cc4c(cc3/C=C3/CC5=C(C=C3/C=C/12)OCO5)OCO4. The molecule has 1 fully saturated rings. The average molecular weight is 402 g/mol. The molecule has 6 aliphatic rings. The monoisotopic (exact) mass is 402 g/mol. The van der Waals surface area contributed by atoms with Crippen LogP contribution in [0.2, 0.25) is 0 Å². The molecule has 0 amide bonds. The van der Waals surface area contributed by atoms with Crippen molar-refractivity contribution in [2.75, 3.05) is 20.4 Å². The minimum atomic E-state index is 0.161. The van der Waals surface area contributed by atoms with E-state index < -0.39 is 0 Å². The summed E-state index contributed by atoms with van der Waals surface area (Å²) in [6, 6.07) is 4.18. The molecule has 7 rings (SSSR count). The molecule has 3 aliphatic heterocycles. The lowest BCUT2D eigenvalue weighted by Crippen LogP contribution is -2.11. The first kappa shape index (κ1) is 16.3. The first-order chi connectivity index (χ1) is 14.8. The lowest BCUT2D eigenvalue weighted by atomic mass is 9.85. The molecule has 0 bridgehead atoms. The van der Waals surface area contributed by atoms with Gasteiger partial charge in [0.05, 0.1) is 0 Å². The summed E-state index contributed by atoms with van der Waals surface area (Å²) < 4.78 is 34.0. The van der Waals surface area contributed by atoms with Gasteiger partial charge in [0, 0.05) is 12.3 Å². The van der Waals surface area contributed by atoms with Crippen molar-refractivity contribution in [1.29, 1.82) is 0 Å². The maximum absolute atomic E-state index is 5.68. The Labute approximate surface area is 173 Å². The van der Waals surface area contributed by atoms with Gasteiger partial charge in [-0.15, -0.1) is 0 Å². The molecule has 0 saturated carbocycles. The Bertz CT molecular complexity index is 1180. The smallest absolute Gasteiger partial charge is 0.231 e. The molecule has 30 heavy (non-hydrogen) atoms. The van der Waals surface area contributed by atoms with E-state index in [9.17, 15) is 0 Å². The highest BCUT2D eigenvalue weighted by atomic mass is 16.7. The molecule has 1 aromatic rings. The summed E-state index contributed by atoms with van der Waals surface area (Å²) in [6.07, 6.45) is 12.3. The summed E-state index contributed by atoms with van der Waals surface area (Å²) in [5.41, 5.74) is 5.83. The number of rotatable bonds is 0. The molecule has 0 unspecified atom stereocenters. The maximum Gasteiger partial charge on any atom is 0.231 e. The number of benzene rings is 1. The van der Waals surface area contributed by atoms with Crippen molar-refractivity contribution in [3.05, 3.63) is 87.3 Å². The highest BCUT2D eigenvalue weighted by molar-refractivity contribution is 5.70. The molecule has 0 radical (unpaired) electrons. The van der Waals surface area contributed by atoms with Crippen molar-refractivity contribution in [3.8, 4) is 11.5 Å². The van der Waals surface area contributed by atoms with E-state index >= 15 is 0 Å². The highest BCUT2D eigenvalue weighted by Crippen LogP contribution is 2.43. The van der Waals surface area contributed by atoms with Gasteiger partial charge in [-0.2, -0.15) is 0 Å². The second-order valence-corrected chi connectivity index (χ2v) is 7.95. The molecule has 3 heterocycles. The van der Waals surface area contributed by atoms with Crippen LogP contribution in [0, 0.1) is 5.92 Å². The number of hydrogen-bond acceptors (Lipinski definition) is 6. The summed E-state index contributed by atoms with van der Waals surface area (Å²) in [6.45, 7) is 0.803. The van der Waals surface area contributed by atoms with E-state index in [1.54, 1.807) is 0 Å². The van der Waals surface area contributed by atoms with Crippen molar-refractivity contribution in [2.24, 2.45) is 5.92 Å². The molecular formula is C24H18O6. The van der Waals surface area contributed by atoms with Gasteiger partial charge >= 0.3 is 0 Å². The van der Waals surface area contributed by atoms with Crippen LogP contribution in [0.15, 0.2) is 76.2 Å². The molecule has 1 saturated heterocycles. The first-order valence-corrected chi connectivity index (χ1v) is 10.1. The van der Waals surface area contributed by atoms with E-state index in [0.29, 0.717) is 6.42 Å². The summed E-state index contributed by atoms with van der Waals surface area (Å²) in [4.78, 5) is 0. The van der Waals surface area contributed by atoms with E-state index in [4.69, 9.17) is 28.4 Å². The number of ether oxygens (including phenoxy) is 6. The third kappa shape index (κ3) is 2.43. The van der Waals surface area contributed by atoms with Gasteiger partial charge in [0.1, 0.15) is 5.76 Å². The van der Waals surface area contributed by atoms with Crippen LogP contribution >= 0.6 is 0 Å². The van der Waals surface area contributed by atoms with Gasteiger partial charge < -0.3 is 28.4 Å². The Morgan fingerprint density at radius 1 is 0.733 bits per heavy atom. The molecule has 1 atom stereocenters. The van der Waals surface area contributed by atoms with Crippen molar-refractivity contribution < 1.29 is 28.4 Å². The van der Waals surface area contributed by atoms with Gasteiger partial charge in [0.15, 0.2) is 28.8 Å². The summed E-state index contributed by atoms with van der Waals surface area (Å²) >= 11 is 0. The molecule has 3 aliphatic carbocycles. The van der Waals surface area contributed by atoms with Gasteiger partial charge in [0.25, 0.3) is 0 Å². The fourth-order valence-corrected chi connectivity index (χ4v) is 4.67. The molecule has 1 aromatic carbocycles. The van der Waals surface area contributed by atoms with Crippen LogP contribution in [-0.2, 0) is 25.4 Å². The van der Waals surface area contributed by atoms with Crippen LogP contribution in [0.5, 0.6) is 11.5 Å². The van der Waals surface area contributed by atoms with Crippen molar-refractivity contribution in [2.45, 2.75) is 12.8 Å². The second-order valence-electron chi connectivity index (χ2n) is 7.95. The molecule has 6 heteroatoms. The van der Waals surface area contributed by atoms with Crippen LogP contribution < -0.4 is 9.47 Å². The van der Waals surface area contributed by atoms with Crippen LogP contribution in [0.4, 0.5) is 0 Å². The molecular weight excluding hydrogens is 384 g/mol. The average Bonchev–Trinajstić information content (AvgIpc) is 3.48. The standard InChI is InChI=1S/C24H18O6/c1-13-4-19-21(27-10-25-19)6-15(13)2-17-8-23-24(30-12-29-23)9-18(17)3-16-7-22-20(5-14(1)16)26-11-28-22/h1-2,4-5,7-9,16H,3,6,10-12H2/b14-1-,15-2-/t16-/m0/s1. The highest BCUT2D eigenvalue weighted by Gasteiger charge is 2.31. The summed E-state index contributed by atoms with van der Waals surface area (Å²) in [5.74, 6) is 5.07. The topological polar surface area (TPSA) is 55.4 Å².